The van der Waals surface area contributed by atoms with Crippen molar-refractivity contribution in [2.45, 2.75) is 6.92 Å². The number of hydrogen-bond donors (Lipinski definition) is 1. The third kappa shape index (κ3) is 2.32. The van der Waals surface area contributed by atoms with Crippen LogP contribution in [-0.4, -0.2) is 9.97 Å². The normalized spacial score (nSPS) is 11.9. The molecule has 0 bridgehead atoms. The number of pyridine rings is 1. The van der Waals surface area contributed by atoms with Crippen LogP contribution < -0.4 is 0 Å². The molecule has 0 saturated heterocycles. The van der Waals surface area contributed by atoms with Crippen LogP contribution in [0.1, 0.15) is 5.56 Å². The number of H-pyrrole nitrogens is 1. The highest BCUT2D eigenvalue weighted by Gasteiger charge is 2.18. The molecular formula is C30H20N2. The number of fused-ring (bicyclic) bond motifs is 8. The lowest BCUT2D eigenvalue weighted by molar-refractivity contribution is 1.45. The van der Waals surface area contributed by atoms with E-state index in [1.54, 1.807) is 0 Å². The van der Waals surface area contributed by atoms with Crippen molar-refractivity contribution in [1.82, 2.24) is 9.97 Å². The van der Waals surface area contributed by atoms with Crippen molar-refractivity contribution in [2.75, 3.05) is 0 Å². The first-order chi connectivity index (χ1) is 15.8. The summed E-state index contributed by atoms with van der Waals surface area (Å²) in [7, 11) is 0. The second-order valence-electron chi connectivity index (χ2n) is 8.54. The Labute approximate surface area is 185 Å². The lowest BCUT2D eigenvalue weighted by atomic mass is 9.94. The predicted molar refractivity (Wildman–Crippen MR) is 136 cm³/mol. The first-order valence-corrected chi connectivity index (χ1v) is 11.0. The standard InChI is InChI=1S/C30H20N2/c1-18-8-2-5-11-21(18)26-24-16-14-19-9-3-6-12-22(19)27(24)31-29-25-17-15-20-10-4-7-13-23(20)28(25)32-30(26)29/h2-17,32H,1H3. The van der Waals surface area contributed by atoms with E-state index in [1.807, 2.05) is 0 Å². The summed E-state index contributed by atoms with van der Waals surface area (Å²) in [5.74, 6) is 0. The van der Waals surface area contributed by atoms with Crippen LogP contribution in [0.15, 0.2) is 97.1 Å². The second-order valence-corrected chi connectivity index (χ2v) is 8.54. The molecule has 2 heterocycles. The topological polar surface area (TPSA) is 28.7 Å². The zero-order valence-electron chi connectivity index (χ0n) is 17.7. The average molecular weight is 409 g/mol. The van der Waals surface area contributed by atoms with Gasteiger partial charge in [-0.2, -0.15) is 0 Å². The summed E-state index contributed by atoms with van der Waals surface area (Å²) in [6, 6.07) is 34.6. The van der Waals surface area contributed by atoms with Gasteiger partial charge in [0.2, 0.25) is 0 Å². The molecule has 0 aliphatic carbocycles. The Morgan fingerprint density at radius 3 is 2.00 bits per heavy atom. The summed E-state index contributed by atoms with van der Waals surface area (Å²) in [6.45, 7) is 2.19. The van der Waals surface area contributed by atoms with Crippen LogP contribution in [0.4, 0.5) is 0 Å². The number of rotatable bonds is 1. The van der Waals surface area contributed by atoms with E-state index in [0.29, 0.717) is 0 Å². The number of hydrogen-bond acceptors (Lipinski definition) is 1. The number of aryl methyl sites for hydroxylation is 1. The van der Waals surface area contributed by atoms with Crippen LogP contribution in [0.5, 0.6) is 0 Å². The first-order valence-electron chi connectivity index (χ1n) is 11.0. The molecule has 0 aliphatic rings. The number of nitrogens with zero attached hydrogens (tertiary/aromatic N) is 1. The Hall–Kier alpha value is -4.17. The molecule has 0 unspecified atom stereocenters. The SMILES string of the molecule is Cc1ccccc1-c1c2ccc3ccccc3c2nc2c1[nH]c1c3ccccc3ccc21. The minimum absolute atomic E-state index is 1.04. The summed E-state index contributed by atoms with van der Waals surface area (Å²) in [6.07, 6.45) is 0. The number of benzene rings is 5. The lowest BCUT2D eigenvalue weighted by Crippen LogP contribution is -1.91. The molecular weight excluding hydrogens is 388 g/mol. The summed E-state index contributed by atoms with van der Waals surface area (Å²) < 4.78 is 0. The number of aromatic nitrogens is 2. The minimum atomic E-state index is 1.04. The van der Waals surface area contributed by atoms with Gasteiger partial charge in [-0.15, -0.1) is 0 Å². The Bertz CT molecular complexity index is 1840. The third-order valence-electron chi connectivity index (χ3n) is 6.73. The molecule has 7 rings (SSSR count). The van der Waals surface area contributed by atoms with Gasteiger partial charge in [-0.05, 0) is 34.9 Å². The summed E-state index contributed by atoms with van der Waals surface area (Å²) in [5.41, 5.74) is 8.09. The van der Waals surface area contributed by atoms with Gasteiger partial charge in [-0.3, -0.25) is 0 Å². The highest BCUT2D eigenvalue weighted by molar-refractivity contribution is 6.24. The number of aromatic amines is 1. The Kier molecular flexibility index (Phi) is 3.51. The van der Waals surface area contributed by atoms with Gasteiger partial charge >= 0.3 is 0 Å². The van der Waals surface area contributed by atoms with Gasteiger partial charge in [0.05, 0.1) is 22.1 Å². The van der Waals surface area contributed by atoms with Crippen molar-refractivity contribution in [2.24, 2.45) is 0 Å². The van der Waals surface area contributed by atoms with Crippen molar-refractivity contribution in [3.05, 3.63) is 103 Å². The molecule has 0 spiro atoms. The van der Waals surface area contributed by atoms with Crippen LogP contribution in [0.25, 0.3) is 65.5 Å². The number of nitrogens with one attached hydrogen (secondary N) is 1. The molecule has 2 heteroatoms. The van der Waals surface area contributed by atoms with Crippen molar-refractivity contribution >= 4 is 54.4 Å². The molecule has 0 aliphatic heterocycles. The van der Waals surface area contributed by atoms with Crippen molar-refractivity contribution in [3.8, 4) is 11.1 Å². The molecule has 0 saturated carbocycles. The predicted octanol–water partition coefficient (Wildman–Crippen LogP) is 8.15. The van der Waals surface area contributed by atoms with E-state index in [1.165, 1.54) is 49.0 Å². The highest BCUT2D eigenvalue weighted by atomic mass is 14.8. The van der Waals surface area contributed by atoms with E-state index < -0.39 is 0 Å². The average Bonchev–Trinajstić information content (AvgIpc) is 3.22. The van der Waals surface area contributed by atoms with Gasteiger partial charge in [0.15, 0.2) is 0 Å². The molecule has 0 atom stereocenters. The van der Waals surface area contributed by atoms with Gasteiger partial charge < -0.3 is 4.98 Å². The maximum absolute atomic E-state index is 5.29. The van der Waals surface area contributed by atoms with Crippen LogP contribution in [0, 0.1) is 6.92 Å². The summed E-state index contributed by atoms with van der Waals surface area (Å²) in [4.78, 5) is 9.08. The Balaban J connectivity index is 1.78. The van der Waals surface area contributed by atoms with E-state index >= 15 is 0 Å². The van der Waals surface area contributed by atoms with Gasteiger partial charge in [0, 0.05) is 27.1 Å². The van der Waals surface area contributed by atoms with E-state index in [2.05, 4.69) is 109 Å². The molecule has 1 N–H and O–H groups in total. The maximum Gasteiger partial charge on any atom is 0.0972 e. The molecule has 0 amide bonds. The van der Waals surface area contributed by atoms with E-state index in [0.717, 1.165) is 22.1 Å². The van der Waals surface area contributed by atoms with Gasteiger partial charge in [-0.25, -0.2) is 4.98 Å². The van der Waals surface area contributed by atoms with Crippen molar-refractivity contribution in [3.63, 3.8) is 0 Å². The fourth-order valence-electron chi connectivity index (χ4n) is 5.18. The largest absolute Gasteiger partial charge is 0.352 e. The molecule has 2 nitrogen and oxygen atoms in total. The maximum atomic E-state index is 5.29. The van der Waals surface area contributed by atoms with E-state index in [4.69, 9.17) is 4.98 Å². The quantitative estimate of drug-likeness (QED) is 0.273. The van der Waals surface area contributed by atoms with Crippen LogP contribution in [-0.2, 0) is 0 Å². The van der Waals surface area contributed by atoms with Gasteiger partial charge in [-0.1, -0.05) is 91.0 Å². The lowest BCUT2D eigenvalue weighted by Gasteiger charge is -2.13. The second kappa shape index (κ2) is 6.41. The zero-order valence-corrected chi connectivity index (χ0v) is 17.7. The highest BCUT2D eigenvalue weighted by Crippen LogP contribution is 2.41. The van der Waals surface area contributed by atoms with Crippen LogP contribution in [0.3, 0.4) is 0 Å². The molecule has 5 aromatic carbocycles. The molecule has 0 fully saturated rings. The smallest absolute Gasteiger partial charge is 0.0972 e. The summed E-state index contributed by atoms with van der Waals surface area (Å²) >= 11 is 0. The molecule has 0 radical (unpaired) electrons. The van der Waals surface area contributed by atoms with Crippen LogP contribution >= 0.6 is 0 Å². The third-order valence-corrected chi connectivity index (χ3v) is 6.73. The minimum Gasteiger partial charge on any atom is -0.352 e. The van der Waals surface area contributed by atoms with Gasteiger partial charge in [0.25, 0.3) is 0 Å². The first kappa shape index (κ1) is 17.5. The molecule has 2 aromatic heterocycles. The fraction of sp³-hybridized carbons (Fsp3) is 0.0333. The molecule has 150 valence electrons. The summed E-state index contributed by atoms with van der Waals surface area (Å²) in [5, 5.41) is 7.22. The van der Waals surface area contributed by atoms with E-state index in [-0.39, 0.29) is 0 Å². The Morgan fingerprint density at radius 2 is 1.19 bits per heavy atom. The van der Waals surface area contributed by atoms with Crippen LogP contribution in [0.2, 0.25) is 0 Å². The monoisotopic (exact) mass is 408 g/mol. The fourth-order valence-corrected chi connectivity index (χ4v) is 5.18. The Morgan fingerprint density at radius 1 is 0.531 bits per heavy atom. The van der Waals surface area contributed by atoms with E-state index in [9.17, 15) is 0 Å². The molecule has 32 heavy (non-hydrogen) atoms. The molecule has 7 aromatic rings. The van der Waals surface area contributed by atoms with Crippen molar-refractivity contribution in [1.29, 1.82) is 0 Å². The zero-order chi connectivity index (χ0) is 21.2. The van der Waals surface area contributed by atoms with Crippen molar-refractivity contribution < 1.29 is 0 Å². The van der Waals surface area contributed by atoms with Gasteiger partial charge in [0.1, 0.15) is 0 Å².